The molecule has 1 aliphatic rings. The summed E-state index contributed by atoms with van der Waals surface area (Å²) in [4.78, 5) is 14.2. The molecule has 1 saturated heterocycles. The first-order chi connectivity index (χ1) is 8.70. The number of rotatable bonds is 5. The number of hydrogen-bond acceptors (Lipinski definition) is 4. The van der Waals surface area contributed by atoms with E-state index in [4.69, 9.17) is 5.73 Å². The van der Waals surface area contributed by atoms with Crippen molar-refractivity contribution >= 4 is 11.6 Å². The molecule has 1 aromatic heterocycles. The molecule has 2 heterocycles. The van der Waals surface area contributed by atoms with Crippen LogP contribution in [-0.2, 0) is 6.54 Å². The second-order valence-corrected chi connectivity index (χ2v) is 4.59. The maximum absolute atomic E-state index is 11.9. The average Bonchev–Trinajstić information content (AvgIpc) is 2.98. The number of likely N-dealkylation sites (tertiary alicyclic amines) is 1. The summed E-state index contributed by atoms with van der Waals surface area (Å²) in [6, 6.07) is 0. The van der Waals surface area contributed by atoms with Gasteiger partial charge in [0.1, 0.15) is 0 Å². The van der Waals surface area contributed by atoms with E-state index in [0.717, 1.165) is 19.6 Å². The van der Waals surface area contributed by atoms with E-state index in [1.54, 1.807) is 10.9 Å². The van der Waals surface area contributed by atoms with Crippen molar-refractivity contribution in [2.75, 3.05) is 31.9 Å². The lowest BCUT2D eigenvalue weighted by atomic mass is 10.3. The van der Waals surface area contributed by atoms with Crippen LogP contribution in [0.2, 0.25) is 0 Å². The van der Waals surface area contributed by atoms with Gasteiger partial charge in [-0.1, -0.05) is 0 Å². The van der Waals surface area contributed by atoms with Crippen molar-refractivity contribution in [3.8, 4) is 0 Å². The highest BCUT2D eigenvalue weighted by Gasteiger charge is 2.15. The third-order valence-corrected chi connectivity index (χ3v) is 3.24. The molecule has 1 amide bonds. The molecule has 0 bridgehead atoms. The summed E-state index contributed by atoms with van der Waals surface area (Å²) < 4.78 is 1.67. The number of anilines is 1. The zero-order valence-electron chi connectivity index (χ0n) is 10.9. The molecule has 100 valence electrons. The third-order valence-electron chi connectivity index (χ3n) is 3.24. The lowest BCUT2D eigenvalue weighted by Gasteiger charge is -2.14. The average molecular weight is 251 g/mol. The quantitative estimate of drug-likeness (QED) is 0.789. The molecular formula is C12H21N5O. The molecule has 2 rings (SSSR count). The highest BCUT2D eigenvalue weighted by Crippen LogP contribution is 2.09. The minimum atomic E-state index is -0.182. The summed E-state index contributed by atoms with van der Waals surface area (Å²) in [6.07, 6.45) is 4.22. The number of carbonyl (C=O) groups is 1. The Labute approximate surface area is 107 Å². The Kier molecular flexibility index (Phi) is 4.19. The van der Waals surface area contributed by atoms with E-state index >= 15 is 0 Å². The monoisotopic (exact) mass is 251 g/mol. The number of nitrogen functional groups attached to an aromatic ring is 1. The molecule has 3 N–H and O–H groups in total. The highest BCUT2D eigenvalue weighted by atomic mass is 16.2. The fraction of sp³-hybridized carbons (Fsp3) is 0.667. The van der Waals surface area contributed by atoms with Crippen LogP contribution in [0.5, 0.6) is 0 Å². The van der Waals surface area contributed by atoms with Gasteiger partial charge < -0.3 is 16.0 Å². The fourth-order valence-electron chi connectivity index (χ4n) is 2.19. The van der Waals surface area contributed by atoms with Crippen LogP contribution < -0.4 is 11.1 Å². The van der Waals surface area contributed by atoms with E-state index in [-0.39, 0.29) is 5.91 Å². The van der Waals surface area contributed by atoms with Crippen molar-refractivity contribution in [2.45, 2.75) is 26.3 Å². The van der Waals surface area contributed by atoms with E-state index in [9.17, 15) is 4.79 Å². The zero-order valence-corrected chi connectivity index (χ0v) is 10.9. The van der Waals surface area contributed by atoms with Crippen LogP contribution >= 0.6 is 0 Å². The van der Waals surface area contributed by atoms with Crippen LogP contribution in [0.3, 0.4) is 0 Å². The molecule has 1 aliphatic heterocycles. The maximum atomic E-state index is 11.9. The highest BCUT2D eigenvalue weighted by molar-refractivity contribution is 5.96. The summed E-state index contributed by atoms with van der Waals surface area (Å²) in [6.45, 7) is 6.51. The van der Waals surface area contributed by atoms with Crippen LogP contribution in [-0.4, -0.2) is 46.8 Å². The first-order valence-corrected chi connectivity index (χ1v) is 6.54. The Bertz CT molecular complexity index is 409. The first kappa shape index (κ1) is 12.9. The van der Waals surface area contributed by atoms with E-state index in [0.29, 0.717) is 24.5 Å². The minimum Gasteiger partial charge on any atom is -0.396 e. The largest absolute Gasteiger partial charge is 0.396 e. The smallest absolute Gasteiger partial charge is 0.273 e. The zero-order chi connectivity index (χ0) is 13.0. The molecule has 0 unspecified atom stereocenters. The lowest BCUT2D eigenvalue weighted by molar-refractivity contribution is 0.0945. The molecule has 1 aromatic rings. The van der Waals surface area contributed by atoms with Crippen molar-refractivity contribution in [2.24, 2.45) is 0 Å². The molecule has 6 nitrogen and oxygen atoms in total. The second-order valence-electron chi connectivity index (χ2n) is 4.59. The first-order valence-electron chi connectivity index (χ1n) is 6.54. The van der Waals surface area contributed by atoms with Crippen molar-refractivity contribution in [1.82, 2.24) is 20.0 Å². The van der Waals surface area contributed by atoms with Gasteiger partial charge in [0.15, 0.2) is 5.69 Å². The molecule has 0 aromatic carbocycles. The van der Waals surface area contributed by atoms with Gasteiger partial charge in [0.05, 0.1) is 5.69 Å². The van der Waals surface area contributed by atoms with Gasteiger partial charge in [0, 0.05) is 25.8 Å². The summed E-state index contributed by atoms with van der Waals surface area (Å²) in [5, 5.41) is 7.01. The van der Waals surface area contributed by atoms with Gasteiger partial charge in [-0.3, -0.25) is 9.48 Å². The van der Waals surface area contributed by atoms with Gasteiger partial charge in [-0.25, -0.2) is 0 Å². The molecule has 1 fully saturated rings. The van der Waals surface area contributed by atoms with Crippen LogP contribution in [0.25, 0.3) is 0 Å². The number of aromatic nitrogens is 2. The topological polar surface area (TPSA) is 76.2 Å². The maximum Gasteiger partial charge on any atom is 0.273 e. The molecule has 0 saturated carbocycles. The van der Waals surface area contributed by atoms with Gasteiger partial charge in [-0.05, 0) is 32.9 Å². The van der Waals surface area contributed by atoms with E-state index in [1.165, 1.54) is 12.8 Å². The van der Waals surface area contributed by atoms with E-state index < -0.39 is 0 Å². The molecule has 0 aliphatic carbocycles. The molecule has 0 atom stereocenters. The minimum absolute atomic E-state index is 0.182. The number of nitrogens with two attached hydrogens (primary N) is 1. The predicted molar refractivity (Wildman–Crippen MR) is 70.3 cm³/mol. The third kappa shape index (κ3) is 3.01. The Morgan fingerprint density at radius 3 is 2.83 bits per heavy atom. The van der Waals surface area contributed by atoms with E-state index in [1.807, 2.05) is 6.92 Å². The standard InChI is InChI=1S/C12H21N5O/c1-2-17-9-10(13)11(15-17)12(18)14-5-8-16-6-3-4-7-16/h9H,2-8,13H2,1H3,(H,14,18). The number of aryl methyl sites for hydroxylation is 1. The fourth-order valence-corrected chi connectivity index (χ4v) is 2.19. The summed E-state index contributed by atoms with van der Waals surface area (Å²) in [5.74, 6) is -0.182. The Balaban J connectivity index is 1.81. The Hall–Kier alpha value is -1.56. The summed E-state index contributed by atoms with van der Waals surface area (Å²) >= 11 is 0. The SMILES string of the molecule is CCn1cc(N)c(C(=O)NCCN2CCCC2)n1. The number of amides is 1. The van der Waals surface area contributed by atoms with Crippen molar-refractivity contribution in [3.05, 3.63) is 11.9 Å². The van der Waals surface area contributed by atoms with Gasteiger partial charge in [-0.15, -0.1) is 0 Å². The van der Waals surface area contributed by atoms with Crippen molar-refractivity contribution in [1.29, 1.82) is 0 Å². The van der Waals surface area contributed by atoms with Crippen molar-refractivity contribution in [3.63, 3.8) is 0 Å². The normalized spacial score (nSPS) is 16.1. The summed E-state index contributed by atoms with van der Waals surface area (Å²) in [7, 11) is 0. The van der Waals surface area contributed by atoms with E-state index in [2.05, 4.69) is 15.3 Å². The Morgan fingerprint density at radius 1 is 1.50 bits per heavy atom. The molecule has 18 heavy (non-hydrogen) atoms. The van der Waals surface area contributed by atoms with Crippen molar-refractivity contribution < 1.29 is 4.79 Å². The van der Waals surface area contributed by atoms with Crippen LogP contribution in [0, 0.1) is 0 Å². The number of carbonyl (C=O) groups excluding carboxylic acids is 1. The number of nitrogens with zero attached hydrogens (tertiary/aromatic N) is 3. The molecule has 0 spiro atoms. The summed E-state index contributed by atoms with van der Waals surface area (Å²) in [5.41, 5.74) is 6.53. The van der Waals surface area contributed by atoms with Crippen LogP contribution in [0.15, 0.2) is 6.20 Å². The van der Waals surface area contributed by atoms with Gasteiger partial charge >= 0.3 is 0 Å². The number of hydrogen-bond donors (Lipinski definition) is 2. The van der Waals surface area contributed by atoms with Gasteiger partial charge in [0.2, 0.25) is 0 Å². The molecule has 0 radical (unpaired) electrons. The van der Waals surface area contributed by atoms with Gasteiger partial charge in [-0.2, -0.15) is 5.10 Å². The predicted octanol–water partition coefficient (Wildman–Crippen LogP) is 0.311. The lowest BCUT2D eigenvalue weighted by Crippen LogP contribution is -2.34. The molecular weight excluding hydrogens is 230 g/mol. The van der Waals surface area contributed by atoms with Gasteiger partial charge in [0.25, 0.3) is 5.91 Å². The van der Waals surface area contributed by atoms with Crippen LogP contribution in [0.4, 0.5) is 5.69 Å². The van der Waals surface area contributed by atoms with Crippen LogP contribution in [0.1, 0.15) is 30.3 Å². The second kappa shape index (κ2) is 5.86. The molecule has 6 heteroatoms. The Morgan fingerprint density at radius 2 is 2.22 bits per heavy atom. The number of nitrogens with one attached hydrogen (secondary N) is 1.